The molecule has 0 aliphatic carbocycles. The van der Waals surface area contributed by atoms with Crippen LogP contribution in [0.3, 0.4) is 0 Å². The number of carboxylic acids is 2. The Morgan fingerprint density at radius 3 is 1.35 bits per heavy atom. The molecule has 0 aliphatic rings. The number of carbonyl (C=O) groups is 2. The Hall–Kier alpha value is -2.04. The molecule has 5 heteroatoms. The molecule has 0 heterocycles. The highest BCUT2D eigenvalue weighted by Gasteiger charge is 2.24. The molecule has 0 unspecified atom stereocenters. The second-order valence-corrected chi connectivity index (χ2v) is 7.60. The minimum atomic E-state index is -1.31. The Bertz CT molecular complexity index is 516. The first-order valence-corrected chi connectivity index (χ1v) is 7.48. The lowest BCUT2D eigenvalue weighted by Crippen LogP contribution is -2.19. The van der Waals surface area contributed by atoms with Crippen molar-refractivity contribution in [2.24, 2.45) is 5.92 Å². The number of aromatic hydroxyl groups is 1. The molecule has 5 nitrogen and oxygen atoms in total. The van der Waals surface area contributed by atoms with Gasteiger partial charge in [0.1, 0.15) is 5.75 Å². The predicted molar refractivity (Wildman–Crippen MR) is 89.9 cm³/mol. The average Bonchev–Trinajstić information content (AvgIpc) is 2.35. The Morgan fingerprint density at radius 1 is 0.870 bits per heavy atom. The topological polar surface area (TPSA) is 94.8 Å². The number of phenolic OH excluding ortho intramolecular Hbond substituents is 1. The number of aliphatic carboxylic acids is 2. The van der Waals surface area contributed by atoms with Crippen LogP contribution in [0.5, 0.6) is 5.75 Å². The first-order valence-electron chi connectivity index (χ1n) is 7.48. The molecule has 0 saturated carbocycles. The highest BCUT2D eigenvalue weighted by atomic mass is 16.4. The highest BCUT2D eigenvalue weighted by Crippen LogP contribution is 2.38. The van der Waals surface area contributed by atoms with E-state index in [4.69, 9.17) is 10.2 Å². The van der Waals surface area contributed by atoms with Crippen LogP contribution in [0.2, 0.25) is 0 Å². The van der Waals surface area contributed by atoms with E-state index in [9.17, 15) is 14.7 Å². The lowest BCUT2D eigenvalue weighted by Gasteiger charge is -2.26. The maximum atomic E-state index is 10.3. The Labute approximate surface area is 138 Å². The van der Waals surface area contributed by atoms with E-state index in [2.05, 4.69) is 41.5 Å². The summed E-state index contributed by atoms with van der Waals surface area (Å²) < 4.78 is 0. The van der Waals surface area contributed by atoms with Gasteiger partial charge in [0.25, 0.3) is 0 Å². The Morgan fingerprint density at radius 2 is 1.17 bits per heavy atom. The van der Waals surface area contributed by atoms with Crippen LogP contribution in [0, 0.1) is 5.92 Å². The second-order valence-electron chi connectivity index (χ2n) is 7.60. The molecule has 3 N–H and O–H groups in total. The molecular weight excluding hydrogens is 296 g/mol. The van der Waals surface area contributed by atoms with Gasteiger partial charge in [-0.15, -0.1) is 0 Å². The lowest BCUT2D eigenvalue weighted by molar-refractivity contribution is -0.153. The zero-order valence-electron chi connectivity index (χ0n) is 15.0. The summed E-state index contributed by atoms with van der Waals surface area (Å²) in [6.07, 6.45) is 0. The number of hydrogen-bond acceptors (Lipinski definition) is 3. The van der Waals surface area contributed by atoms with Crippen LogP contribution in [0.1, 0.15) is 59.6 Å². The van der Waals surface area contributed by atoms with Gasteiger partial charge in [0, 0.05) is 0 Å². The zero-order chi connectivity index (χ0) is 18.6. The molecule has 0 fully saturated rings. The van der Waals surface area contributed by atoms with E-state index in [1.54, 1.807) is 0 Å². The van der Waals surface area contributed by atoms with Crippen molar-refractivity contribution in [3.05, 3.63) is 29.3 Å². The van der Waals surface area contributed by atoms with Crippen LogP contribution in [0.15, 0.2) is 18.2 Å². The van der Waals surface area contributed by atoms with E-state index < -0.39 is 17.9 Å². The molecule has 1 rings (SSSR count). The van der Waals surface area contributed by atoms with Gasteiger partial charge in [0.15, 0.2) is 5.92 Å². The summed E-state index contributed by atoms with van der Waals surface area (Å²) in [5, 5.41) is 26.2. The molecule has 0 amide bonds. The smallest absolute Gasteiger partial charge is 0.317 e. The van der Waals surface area contributed by atoms with Gasteiger partial charge in [-0.1, -0.05) is 59.7 Å². The fraction of sp³-hybridized carbons (Fsp3) is 0.556. The summed E-state index contributed by atoms with van der Waals surface area (Å²) in [6.45, 7) is 13.8. The maximum Gasteiger partial charge on any atom is 0.317 e. The van der Waals surface area contributed by atoms with Crippen LogP contribution in [0.25, 0.3) is 0 Å². The highest BCUT2D eigenvalue weighted by molar-refractivity contribution is 5.92. The predicted octanol–water partition coefficient (Wildman–Crippen LogP) is 3.78. The van der Waals surface area contributed by atoms with Crippen LogP contribution in [0.4, 0.5) is 0 Å². The Kier molecular flexibility index (Phi) is 6.82. The molecule has 1 aromatic rings. The van der Waals surface area contributed by atoms with Crippen molar-refractivity contribution in [1.29, 1.82) is 0 Å². The number of rotatable bonds is 2. The molecule has 130 valence electrons. The van der Waals surface area contributed by atoms with Gasteiger partial charge >= 0.3 is 11.9 Å². The molecule has 0 aliphatic heterocycles. The number of hydrogen-bond donors (Lipinski definition) is 3. The summed E-state index contributed by atoms with van der Waals surface area (Å²) in [5.41, 5.74) is 2.03. The normalized spacial score (nSPS) is 11.7. The third-order valence-electron chi connectivity index (χ3n) is 3.39. The van der Waals surface area contributed by atoms with Gasteiger partial charge in [0.2, 0.25) is 0 Å². The van der Waals surface area contributed by atoms with Crippen LogP contribution < -0.4 is 0 Å². The van der Waals surface area contributed by atoms with E-state index in [0.29, 0.717) is 5.75 Å². The van der Waals surface area contributed by atoms with E-state index in [0.717, 1.165) is 18.1 Å². The van der Waals surface area contributed by atoms with E-state index in [1.807, 2.05) is 18.2 Å². The third-order valence-corrected chi connectivity index (χ3v) is 3.39. The summed E-state index contributed by atoms with van der Waals surface area (Å²) in [7, 11) is 0. The number of phenols is 1. The number of para-hydroxylation sites is 1. The summed E-state index contributed by atoms with van der Waals surface area (Å²) >= 11 is 0. The second kappa shape index (κ2) is 7.49. The van der Waals surface area contributed by atoms with Crippen molar-refractivity contribution in [2.45, 2.75) is 59.3 Å². The zero-order valence-corrected chi connectivity index (χ0v) is 15.0. The molecule has 1 aromatic carbocycles. The van der Waals surface area contributed by atoms with Crippen LogP contribution >= 0.6 is 0 Å². The van der Waals surface area contributed by atoms with Crippen LogP contribution in [-0.4, -0.2) is 27.3 Å². The molecule has 0 atom stereocenters. The minimum absolute atomic E-state index is 0.00859. The van der Waals surface area contributed by atoms with E-state index in [1.165, 1.54) is 0 Å². The summed E-state index contributed by atoms with van der Waals surface area (Å²) in [4.78, 5) is 19.5. The van der Waals surface area contributed by atoms with Gasteiger partial charge in [-0.2, -0.15) is 0 Å². The minimum Gasteiger partial charge on any atom is -0.507 e. The molecule has 0 spiro atoms. The largest absolute Gasteiger partial charge is 0.507 e. The van der Waals surface area contributed by atoms with Gasteiger partial charge in [-0.25, -0.2) is 0 Å². The Balaban J connectivity index is 0.000000515. The molecule has 0 radical (unpaired) electrons. The fourth-order valence-corrected chi connectivity index (χ4v) is 1.86. The molecule has 23 heavy (non-hydrogen) atoms. The molecule has 0 aromatic heterocycles. The quantitative estimate of drug-likeness (QED) is 0.720. The SMILES string of the molecule is CC(C(=O)O)C(=O)O.CC(C)(C)c1cccc(C(C)(C)C)c1O. The van der Waals surface area contributed by atoms with Crippen molar-refractivity contribution < 1.29 is 24.9 Å². The van der Waals surface area contributed by atoms with Crippen LogP contribution in [-0.2, 0) is 20.4 Å². The monoisotopic (exact) mass is 324 g/mol. The molecule has 0 saturated heterocycles. The standard InChI is InChI=1S/C14H22O.C4H6O4/c1-13(2,3)10-8-7-9-11(12(10)15)14(4,5)6;1-2(3(5)6)4(7)8/h7-9,15H,1-6H3;2H,1H3,(H,5,6)(H,7,8). The van der Waals surface area contributed by atoms with Crippen molar-refractivity contribution in [3.8, 4) is 5.75 Å². The third kappa shape index (κ3) is 6.30. The van der Waals surface area contributed by atoms with Gasteiger partial charge in [-0.05, 0) is 28.9 Å². The lowest BCUT2D eigenvalue weighted by atomic mass is 9.80. The average molecular weight is 324 g/mol. The first-order chi connectivity index (χ1) is 10.2. The van der Waals surface area contributed by atoms with Crippen molar-refractivity contribution in [3.63, 3.8) is 0 Å². The fourth-order valence-electron chi connectivity index (χ4n) is 1.86. The van der Waals surface area contributed by atoms with Gasteiger partial charge < -0.3 is 15.3 Å². The molecule has 0 bridgehead atoms. The maximum absolute atomic E-state index is 10.3. The van der Waals surface area contributed by atoms with E-state index >= 15 is 0 Å². The van der Waals surface area contributed by atoms with Gasteiger partial charge in [-0.3, -0.25) is 9.59 Å². The van der Waals surface area contributed by atoms with Crippen molar-refractivity contribution in [2.75, 3.05) is 0 Å². The number of carboxylic acid groups (broad SMARTS) is 2. The van der Waals surface area contributed by atoms with Crippen molar-refractivity contribution >= 4 is 11.9 Å². The van der Waals surface area contributed by atoms with E-state index in [-0.39, 0.29) is 10.8 Å². The summed E-state index contributed by atoms with van der Waals surface area (Å²) in [6, 6.07) is 6.04. The van der Waals surface area contributed by atoms with Gasteiger partial charge in [0.05, 0.1) is 0 Å². The molecular formula is C18H28O5. The first kappa shape index (κ1) is 21.0. The van der Waals surface area contributed by atoms with Crippen molar-refractivity contribution in [1.82, 2.24) is 0 Å². The number of benzene rings is 1. The summed E-state index contributed by atoms with van der Waals surface area (Å²) in [5.74, 6) is -3.46.